The van der Waals surface area contributed by atoms with Crippen LogP contribution in [0.25, 0.3) is 0 Å². The van der Waals surface area contributed by atoms with Gasteiger partial charge in [-0.2, -0.15) is 0 Å². The molecule has 0 saturated heterocycles. The normalized spacial score (nSPS) is 18.0. The summed E-state index contributed by atoms with van der Waals surface area (Å²) in [5.41, 5.74) is 14.2. The number of ketones is 1. The van der Waals surface area contributed by atoms with Crippen LogP contribution in [0, 0.1) is 5.92 Å². The van der Waals surface area contributed by atoms with E-state index in [1.165, 1.54) is 0 Å². The average Bonchev–Trinajstić information content (AvgIpc) is 2.73. The number of rotatable bonds is 7. The van der Waals surface area contributed by atoms with Gasteiger partial charge in [0.1, 0.15) is 0 Å². The summed E-state index contributed by atoms with van der Waals surface area (Å²) in [6.07, 6.45) is 1.70. The summed E-state index contributed by atoms with van der Waals surface area (Å²) in [5, 5.41) is 8.25. The lowest BCUT2D eigenvalue weighted by Crippen LogP contribution is -2.29. The van der Waals surface area contributed by atoms with Crippen molar-refractivity contribution in [2.45, 2.75) is 52.9 Å². The predicted octanol–water partition coefficient (Wildman–Crippen LogP) is 3.86. The van der Waals surface area contributed by atoms with Crippen LogP contribution in [-0.2, 0) is 14.3 Å². The van der Waals surface area contributed by atoms with Crippen molar-refractivity contribution in [2.75, 3.05) is 19.8 Å². The first kappa shape index (κ1) is 26.9. The lowest BCUT2D eigenvalue weighted by molar-refractivity contribution is -0.138. The second kappa shape index (κ2) is 13.3. The summed E-state index contributed by atoms with van der Waals surface area (Å²) >= 11 is 6.49. The van der Waals surface area contributed by atoms with E-state index in [9.17, 15) is 9.59 Å². The van der Waals surface area contributed by atoms with Gasteiger partial charge >= 0.3 is 5.97 Å². The molecular formula is C24H35ClN2O4. The molecular weight excluding hydrogens is 416 g/mol. The second-order valence-corrected chi connectivity index (χ2v) is 8.02. The van der Waals surface area contributed by atoms with Gasteiger partial charge in [-0.1, -0.05) is 49.2 Å². The number of carbonyl (C=O) groups excluding carboxylic acids is 2. The molecule has 2 unspecified atom stereocenters. The maximum Gasteiger partial charge on any atom is 0.334 e. The number of aliphatic hydroxyl groups excluding tert-OH is 1. The number of aliphatic hydroxyl groups is 1. The van der Waals surface area contributed by atoms with Crippen LogP contribution in [0.1, 0.15) is 58.4 Å². The molecule has 6 nitrogen and oxygen atoms in total. The summed E-state index contributed by atoms with van der Waals surface area (Å²) in [4.78, 5) is 25.9. The smallest absolute Gasteiger partial charge is 0.334 e. The van der Waals surface area contributed by atoms with E-state index in [-0.39, 0.29) is 24.9 Å². The first-order valence-electron chi connectivity index (χ1n) is 10.7. The van der Waals surface area contributed by atoms with Gasteiger partial charge in [-0.3, -0.25) is 4.79 Å². The molecule has 0 fully saturated rings. The number of carbonyl (C=O) groups is 2. The van der Waals surface area contributed by atoms with Gasteiger partial charge in [0, 0.05) is 40.7 Å². The molecule has 0 aliphatic heterocycles. The molecule has 0 bridgehead atoms. The fourth-order valence-electron chi connectivity index (χ4n) is 3.61. The predicted molar refractivity (Wildman–Crippen MR) is 125 cm³/mol. The van der Waals surface area contributed by atoms with E-state index in [0.29, 0.717) is 53.2 Å². The topological polar surface area (TPSA) is 116 Å². The zero-order valence-corrected chi connectivity index (χ0v) is 19.7. The van der Waals surface area contributed by atoms with Gasteiger partial charge in [-0.15, -0.1) is 0 Å². The highest BCUT2D eigenvalue weighted by Gasteiger charge is 2.37. The molecule has 0 heterocycles. The zero-order valence-electron chi connectivity index (χ0n) is 18.9. The molecule has 1 aliphatic rings. The number of benzene rings is 1. The first-order chi connectivity index (χ1) is 14.7. The second-order valence-electron chi connectivity index (χ2n) is 7.61. The summed E-state index contributed by atoms with van der Waals surface area (Å²) in [7, 11) is 0. The van der Waals surface area contributed by atoms with E-state index in [2.05, 4.69) is 0 Å². The Labute approximate surface area is 190 Å². The van der Waals surface area contributed by atoms with Gasteiger partial charge in [0.15, 0.2) is 5.78 Å². The highest BCUT2D eigenvalue weighted by Crippen LogP contribution is 2.42. The first-order valence-corrected chi connectivity index (χ1v) is 11.0. The molecule has 2 rings (SSSR count). The average molecular weight is 451 g/mol. The Kier molecular flexibility index (Phi) is 11.5. The van der Waals surface area contributed by atoms with E-state index in [1.54, 1.807) is 13.0 Å². The van der Waals surface area contributed by atoms with Gasteiger partial charge in [0.25, 0.3) is 0 Å². The van der Waals surface area contributed by atoms with E-state index < -0.39 is 11.9 Å². The Hall–Kier alpha value is -2.15. The van der Waals surface area contributed by atoms with Crippen molar-refractivity contribution in [3.63, 3.8) is 0 Å². The molecule has 0 amide bonds. The number of hydrogen-bond acceptors (Lipinski definition) is 6. The third-order valence-corrected chi connectivity index (χ3v) is 5.50. The van der Waals surface area contributed by atoms with Crippen molar-refractivity contribution in [1.82, 2.24) is 0 Å². The standard InChI is InChI=1S/C22H28ClNO3.C2H7NO/c1-5-14(4)19(22(26)27-6-2)20(15-9-7-8-10-16(15)23)21-17(24)11-13(3)12-18(21)25;3-1-2-4/h7-10,13,20H,5-6,11-12,24H2,1-4H3;4H,1-3H2/b19-14-;. The van der Waals surface area contributed by atoms with Crippen LogP contribution in [0.2, 0.25) is 5.02 Å². The maximum atomic E-state index is 13.0. The molecule has 0 spiro atoms. The van der Waals surface area contributed by atoms with Crippen molar-refractivity contribution < 1.29 is 19.4 Å². The monoisotopic (exact) mass is 450 g/mol. The Morgan fingerprint density at radius 2 is 1.90 bits per heavy atom. The van der Waals surface area contributed by atoms with Gasteiger partial charge in [-0.05, 0) is 44.2 Å². The lowest BCUT2D eigenvalue weighted by atomic mass is 9.74. The zero-order chi connectivity index (χ0) is 23.6. The maximum absolute atomic E-state index is 13.0. The van der Waals surface area contributed by atoms with Crippen molar-refractivity contribution in [3.05, 3.63) is 57.3 Å². The number of hydrogen-bond donors (Lipinski definition) is 3. The van der Waals surface area contributed by atoms with Crippen LogP contribution in [0.4, 0.5) is 0 Å². The molecule has 0 aromatic heterocycles. The summed E-state index contributed by atoms with van der Waals surface area (Å²) in [6.45, 7) is 8.37. The molecule has 1 aliphatic carbocycles. The minimum atomic E-state index is -0.613. The van der Waals surface area contributed by atoms with Gasteiger partial charge in [0.05, 0.1) is 13.2 Å². The quantitative estimate of drug-likeness (QED) is 0.429. The minimum absolute atomic E-state index is 0.0260. The summed E-state index contributed by atoms with van der Waals surface area (Å²) < 4.78 is 5.34. The van der Waals surface area contributed by atoms with Crippen molar-refractivity contribution in [3.8, 4) is 0 Å². The van der Waals surface area contributed by atoms with Crippen LogP contribution >= 0.6 is 11.6 Å². The summed E-state index contributed by atoms with van der Waals surface area (Å²) in [5.74, 6) is -0.872. The molecule has 1 aromatic rings. The van der Waals surface area contributed by atoms with Gasteiger partial charge in [0.2, 0.25) is 0 Å². The fraction of sp³-hybridized carbons (Fsp3) is 0.500. The van der Waals surface area contributed by atoms with E-state index >= 15 is 0 Å². The number of allylic oxidation sites excluding steroid dienone is 3. The molecule has 1 aromatic carbocycles. The van der Waals surface area contributed by atoms with Crippen LogP contribution in [-0.4, -0.2) is 36.6 Å². The van der Waals surface area contributed by atoms with E-state index in [0.717, 1.165) is 5.57 Å². The molecule has 0 radical (unpaired) electrons. The van der Waals surface area contributed by atoms with Crippen molar-refractivity contribution >= 4 is 23.4 Å². The number of Topliss-reactive ketones (excluding diaryl/α,β-unsaturated/α-hetero) is 1. The third kappa shape index (κ3) is 7.20. The molecule has 172 valence electrons. The summed E-state index contributed by atoms with van der Waals surface area (Å²) in [6, 6.07) is 7.29. The van der Waals surface area contributed by atoms with Crippen LogP contribution in [0.15, 0.2) is 46.7 Å². The van der Waals surface area contributed by atoms with Crippen molar-refractivity contribution in [1.29, 1.82) is 0 Å². The molecule has 2 atom stereocenters. The number of ether oxygens (including phenoxy) is 1. The SMILES string of the molecule is CCOC(=O)/C(=C(/C)CC)C(C1=C(N)CC(C)CC1=O)c1ccccc1Cl.NCCO. The fourth-order valence-corrected chi connectivity index (χ4v) is 3.86. The van der Waals surface area contributed by atoms with Crippen LogP contribution in [0.5, 0.6) is 0 Å². The number of esters is 1. The highest BCUT2D eigenvalue weighted by atomic mass is 35.5. The Balaban J connectivity index is 0.00000110. The number of halogens is 1. The number of nitrogens with two attached hydrogens (primary N) is 2. The van der Waals surface area contributed by atoms with Crippen LogP contribution in [0.3, 0.4) is 0 Å². The van der Waals surface area contributed by atoms with Crippen LogP contribution < -0.4 is 11.5 Å². The molecule has 7 heteroatoms. The van der Waals surface area contributed by atoms with Gasteiger partial charge in [-0.25, -0.2) is 4.79 Å². The Morgan fingerprint density at radius 3 is 2.39 bits per heavy atom. The third-order valence-electron chi connectivity index (χ3n) is 5.16. The van der Waals surface area contributed by atoms with E-state index in [4.69, 9.17) is 32.9 Å². The lowest BCUT2D eigenvalue weighted by Gasteiger charge is -2.30. The van der Waals surface area contributed by atoms with Gasteiger partial charge < -0.3 is 21.3 Å². The van der Waals surface area contributed by atoms with Crippen molar-refractivity contribution in [2.24, 2.45) is 17.4 Å². The minimum Gasteiger partial charge on any atom is -0.463 e. The van der Waals surface area contributed by atoms with E-state index in [1.807, 2.05) is 39.0 Å². The molecule has 5 N–H and O–H groups in total. The largest absolute Gasteiger partial charge is 0.463 e. The highest BCUT2D eigenvalue weighted by molar-refractivity contribution is 6.31. The molecule has 0 saturated carbocycles. The molecule has 31 heavy (non-hydrogen) atoms. The Morgan fingerprint density at radius 1 is 1.29 bits per heavy atom. The Bertz CT molecular complexity index is 831.